The molecule has 1 heterocycles. The second-order valence-electron chi connectivity index (χ2n) is 5.47. The van der Waals surface area contributed by atoms with Gasteiger partial charge in [0.1, 0.15) is 0 Å². The molecular weight excluding hydrogens is 232 g/mol. The van der Waals surface area contributed by atoms with Crippen molar-refractivity contribution in [1.82, 2.24) is 4.98 Å². The summed E-state index contributed by atoms with van der Waals surface area (Å²) in [5.41, 5.74) is 1.06. The van der Waals surface area contributed by atoms with Gasteiger partial charge in [0, 0.05) is 16.7 Å². The van der Waals surface area contributed by atoms with Gasteiger partial charge in [-0.1, -0.05) is 41.0 Å². The molecule has 0 aliphatic carbocycles. The van der Waals surface area contributed by atoms with Crippen LogP contribution in [0.25, 0.3) is 0 Å². The molecule has 0 aliphatic rings. The topological polar surface area (TPSA) is 42.0 Å². The number of hydrogen-bond donors (Lipinski definition) is 1. The maximum atomic E-state index is 11.8. The van der Waals surface area contributed by atoms with Gasteiger partial charge < -0.3 is 5.32 Å². The Hall–Kier alpha value is -0.900. The molecule has 1 aromatic heterocycles. The van der Waals surface area contributed by atoms with E-state index in [4.69, 9.17) is 0 Å². The minimum atomic E-state index is 0.0362. The van der Waals surface area contributed by atoms with Crippen molar-refractivity contribution >= 4 is 22.4 Å². The Kier molecular flexibility index (Phi) is 4.69. The number of hydrogen-bond acceptors (Lipinski definition) is 3. The first kappa shape index (κ1) is 14.2. The zero-order valence-corrected chi connectivity index (χ0v) is 12.1. The summed E-state index contributed by atoms with van der Waals surface area (Å²) >= 11 is 1.50. The van der Waals surface area contributed by atoms with Gasteiger partial charge in [0.25, 0.3) is 0 Å². The maximum Gasteiger partial charge on any atom is 0.228 e. The molecule has 0 saturated heterocycles. The first-order valence-electron chi connectivity index (χ1n) is 6.11. The third kappa shape index (κ3) is 4.11. The molecule has 0 bridgehead atoms. The lowest BCUT2D eigenvalue weighted by Gasteiger charge is -2.14. The molecule has 1 rings (SSSR count). The highest BCUT2D eigenvalue weighted by Gasteiger charge is 2.19. The number of carbonyl (C=O) groups excluding carboxylic acids is 1. The molecule has 0 saturated carbocycles. The van der Waals surface area contributed by atoms with Gasteiger partial charge in [0.2, 0.25) is 5.91 Å². The molecule has 1 unspecified atom stereocenters. The molecule has 0 aromatic carbocycles. The van der Waals surface area contributed by atoms with Crippen LogP contribution >= 0.6 is 11.3 Å². The molecule has 17 heavy (non-hydrogen) atoms. The van der Waals surface area contributed by atoms with E-state index in [1.54, 1.807) is 0 Å². The van der Waals surface area contributed by atoms with Crippen LogP contribution in [-0.4, -0.2) is 10.9 Å². The largest absolute Gasteiger partial charge is 0.302 e. The molecule has 0 spiro atoms. The molecule has 96 valence electrons. The van der Waals surface area contributed by atoms with Crippen molar-refractivity contribution in [1.29, 1.82) is 0 Å². The van der Waals surface area contributed by atoms with Crippen LogP contribution in [0, 0.1) is 5.92 Å². The van der Waals surface area contributed by atoms with Gasteiger partial charge in [-0.25, -0.2) is 4.98 Å². The zero-order valence-electron chi connectivity index (χ0n) is 11.3. The molecular formula is C13H22N2OS. The third-order valence-corrected chi connectivity index (χ3v) is 3.43. The van der Waals surface area contributed by atoms with Crippen LogP contribution in [0.3, 0.4) is 0 Å². The lowest BCUT2D eigenvalue weighted by Crippen LogP contribution is -2.20. The van der Waals surface area contributed by atoms with Crippen LogP contribution in [-0.2, 0) is 10.2 Å². The number of rotatable bonds is 4. The molecule has 0 fully saturated rings. The Morgan fingerprint density at radius 1 is 1.53 bits per heavy atom. The molecule has 3 nitrogen and oxygen atoms in total. The molecule has 0 radical (unpaired) electrons. The number of anilines is 1. The van der Waals surface area contributed by atoms with Gasteiger partial charge >= 0.3 is 0 Å². The van der Waals surface area contributed by atoms with E-state index in [2.05, 4.69) is 38.0 Å². The van der Waals surface area contributed by atoms with Crippen molar-refractivity contribution in [3.8, 4) is 0 Å². The average molecular weight is 254 g/mol. The third-order valence-electron chi connectivity index (χ3n) is 2.67. The lowest BCUT2D eigenvalue weighted by molar-refractivity contribution is -0.119. The number of amides is 1. The summed E-state index contributed by atoms with van der Waals surface area (Å²) in [7, 11) is 0. The standard InChI is InChI=1S/C13H22N2OS/c1-6-7-9(2)11(16)15-12-14-10(8-17-12)13(3,4)5/h8-9H,6-7H2,1-5H3,(H,14,15,16). The van der Waals surface area contributed by atoms with Crippen molar-refractivity contribution in [2.45, 2.75) is 52.9 Å². The van der Waals surface area contributed by atoms with Crippen LogP contribution in [0.1, 0.15) is 53.2 Å². The summed E-state index contributed by atoms with van der Waals surface area (Å²) in [6.07, 6.45) is 1.95. The highest BCUT2D eigenvalue weighted by atomic mass is 32.1. The van der Waals surface area contributed by atoms with Crippen molar-refractivity contribution in [2.24, 2.45) is 5.92 Å². The van der Waals surface area contributed by atoms with Crippen molar-refractivity contribution in [3.05, 3.63) is 11.1 Å². The summed E-state index contributed by atoms with van der Waals surface area (Å²) in [6.45, 7) is 10.4. The van der Waals surface area contributed by atoms with Crippen molar-refractivity contribution in [3.63, 3.8) is 0 Å². The molecule has 4 heteroatoms. The van der Waals surface area contributed by atoms with E-state index in [1.807, 2.05) is 12.3 Å². The van der Waals surface area contributed by atoms with Gasteiger partial charge in [0.05, 0.1) is 5.69 Å². The van der Waals surface area contributed by atoms with Gasteiger partial charge in [-0.2, -0.15) is 0 Å². The molecule has 1 amide bonds. The number of thiazole rings is 1. The Morgan fingerprint density at radius 3 is 2.65 bits per heavy atom. The highest BCUT2D eigenvalue weighted by Crippen LogP contribution is 2.26. The van der Waals surface area contributed by atoms with Crippen LogP contribution in [0.2, 0.25) is 0 Å². The monoisotopic (exact) mass is 254 g/mol. The first-order valence-corrected chi connectivity index (χ1v) is 6.99. The summed E-state index contributed by atoms with van der Waals surface area (Å²) < 4.78 is 0. The van der Waals surface area contributed by atoms with Crippen LogP contribution in [0.4, 0.5) is 5.13 Å². The van der Waals surface area contributed by atoms with Gasteiger partial charge in [-0.15, -0.1) is 11.3 Å². The maximum absolute atomic E-state index is 11.8. The fourth-order valence-corrected chi connectivity index (χ4v) is 2.41. The zero-order chi connectivity index (χ0) is 13.1. The van der Waals surface area contributed by atoms with E-state index in [0.29, 0.717) is 5.13 Å². The van der Waals surface area contributed by atoms with E-state index in [0.717, 1.165) is 18.5 Å². The fourth-order valence-electron chi connectivity index (χ4n) is 1.47. The predicted molar refractivity (Wildman–Crippen MR) is 73.5 cm³/mol. The normalized spacial score (nSPS) is 13.5. The Balaban J connectivity index is 2.64. The van der Waals surface area contributed by atoms with Crippen LogP contribution in [0.15, 0.2) is 5.38 Å². The summed E-state index contributed by atoms with van der Waals surface area (Å²) in [6, 6.07) is 0. The molecule has 1 atom stereocenters. The average Bonchev–Trinajstić information content (AvgIpc) is 2.66. The van der Waals surface area contributed by atoms with Crippen LogP contribution in [0.5, 0.6) is 0 Å². The van der Waals surface area contributed by atoms with Crippen molar-refractivity contribution in [2.75, 3.05) is 5.32 Å². The minimum Gasteiger partial charge on any atom is -0.302 e. The van der Waals surface area contributed by atoms with E-state index < -0.39 is 0 Å². The number of nitrogens with one attached hydrogen (secondary N) is 1. The Morgan fingerprint density at radius 2 is 2.18 bits per heavy atom. The lowest BCUT2D eigenvalue weighted by atomic mass is 9.93. The van der Waals surface area contributed by atoms with Crippen molar-refractivity contribution < 1.29 is 4.79 Å². The van der Waals surface area contributed by atoms with E-state index >= 15 is 0 Å². The minimum absolute atomic E-state index is 0.0362. The second kappa shape index (κ2) is 5.63. The summed E-state index contributed by atoms with van der Waals surface area (Å²) in [4.78, 5) is 16.3. The Bertz CT molecular complexity index is 379. The highest BCUT2D eigenvalue weighted by molar-refractivity contribution is 7.13. The molecule has 1 aromatic rings. The number of carbonyl (C=O) groups is 1. The molecule has 1 N–H and O–H groups in total. The summed E-state index contributed by atoms with van der Waals surface area (Å²) in [5.74, 6) is 0.128. The SMILES string of the molecule is CCCC(C)C(=O)Nc1nc(C(C)(C)C)cs1. The van der Waals surface area contributed by atoms with E-state index in [1.165, 1.54) is 11.3 Å². The second-order valence-corrected chi connectivity index (χ2v) is 6.32. The first-order chi connectivity index (χ1) is 7.84. The summed E-state index contributed by atoms with van der Waals surface area (Å²) in [5, 5.41) is 5.61. The van der Waals surface area contributed by atoms with Gasteiger partial charge in [-0.3, -0.25) is 4.79 Å². The number of aromatic nitrogens is 1. The van der Waals surface area contributed by atoms with Gasteiger partial charge in [0.15, 0.2) is 5.13 Å². The fraction of sp³-hybridized carbons (Fsp3) is 0.692. The van der Waals surface area contributed by atoms with Crippen LogP contribution < -0.4 is 5.32 Å². The van der Waals surface area contributed by atoms with E-state index in [-0.39, 0.29) is 17.2 Å². The Labute approximate surface area is 108 Å². The van der Waals surface area contributed by atoms with E-state index in [9.17, 15) is 4.79 Å². The predicted octanol–water partition coefficient (Wildman–Crippen LogP) is 3.82. The molecule has 0 aliphatic heterocycles. The quantitative estimate of drug-likeness (QED) is 0.887. The number of nitrogens with zero attached hydrogens (tertiary/aromatic N) is 1. The smallest absolute Gasteiger partial charge is 0.228 e. The van der Waals surface area contributed by atoms with Gasteiger partial charge in [-0.05, 0) is 6.42 Å².